The van der Waals surface area contributed by atoms with E-state index in [0.29, 0.717) is 5.69 Å². The molecule has 4 N–H and O–H groups in total. The lowest BCUT2D eigenvalue weighted by Crippen LogP contribution is -2.48. The van der Waals surface area contributed by atoms with Gasteiger partial charge in [-0.25, -0.2) is 0 Å². The van der Waals surface area contributed by atoms with Crippen LogP contribution in [0.1, 0.15) is 10.8 Å². The van der Waals surface area contributed by atoms with Crippen molar-refractivity contribution in [2.24, 2.45) is 11.5 Å². The molecule has 0 fully saturated rings. The number of amides is 2. The van der Waals surface area contributed by atoms with E-state index in [1.807, 2.05) is 54.6 Å². The van der Waals surface area contributed by atoms with Crippen LogP contribution < -0.4 is 16.4 Å². The zero-order chi connectivity index (χ0) is 16.4. The quantitative estimate of drug-likeness (QED) is 0.897. The van der Waals surface area contributed by atoms with Crippen molar-refractivity contribution >= 4 is 29.3 Å². The highest BCUT2D eigenvalue weighted by Crippen LogP contribution is 2.44. The molecule has 3 rings (SSSR count). The predicted octanol–water partition coefficient (Wildman–Crippen LogP) is 1.68. The summed E-state index contributed by atoms with van der Waals surface area (Å²) in [5.74, 6) is -0.862. The molecule has 0 spiro atoms. The SMILES string of the molecule is NC(=O)CN1C(=O)[C@H](N)[C@H](c2ccccc2)Sc2ccccc21. The Kier molecular flexibility index (Phi) is 4.36. The summed E-state index contributed by atoms with van der Waals surface area (Å²) in [6.45, 7) is -0.175. The van der Waals surface area contributed by atoms with Gasteiger partial charge in [0.25, 0.3) is 0 Å². The van der Waals surface area contributed by atoms with Crippen LogP contribution in [0, 0.1) is 0 Å². The maximum atomic E-state index is 12.8. The smallest absolute Gasteiger partial charge is 0.245 e. The van der Waals surface area contributed by atoms with E-state index in [2.05, 4.69) is 0 Å². The van der Waals surface area contributed by atoms with Crippen molar-refractivity contribution in [1.29, 1.82) is 0 Å². The number of nitrogens with zero attached hydrogens (tertiary/aromatic N) is 1. The number of hydrogen-bond donors (Lipinski definition) is 2. The van der Waals surface area contributed by atoms with E-state index in [9.17, 15) is 9.59 Å². The summed E-state index contributed by atoms with van der Waals surface area (Å²) in [6, 6.07) is 16.4. The fraction of sp³-hybridized carbons (Fsp3) is 0.176. The number of primary amides is 1. The monoisotopic (exact) mass is 327 g/mol. The first-order valence-electron chi connectivity index (χ1n) is 7.24. The van der Waals surface area contributed by atoms with Crippen LogP contribution in [-0.2, 0) is 9.59 Å². The second kappa shape index (κ2) is 6.44. The second-order valence-corrected chi connectivity index (χ2v) is 6.52. The standard InChI is InChI=1S/C17H17N3O2S/c18-14(21)10-20-12-8-4-5-9-13(12)23-16(15(19)17(20)22)11-6-2-1-3-7-11/h1-9,15-16H,10,19H2,(H2,18,21)/t15-,16+/m1/s1. The van der Waals surface area contributed by atoms with Crippen molar-refractivity contribution in [1.82, 2.24) is 0 Å². The molecule has 5 nitrogen and oxygen atoms in total. The lowest BCUT2D eigenvalue weighted by atomic mass is 10.0. The topological polar surface area (TPSA) is 89.4 Å². The van der Waals surface area contributed by atoms with E-state index < -0.39 is 11.9 Å². The number of anilines is 1. The van der Waals surface area contributed by atoms with Crippen molar-refractivity contribution in [2.45, 2.75) is 16.2 Å². The highest BCUT2D eigenvalue weighted by atomic mass is 32.2. The third-order valence-electron chi connectivity index (χ3n) is 3.73. The Labute approximate surface area is 138 Å². The summed E-state index contributed by atoms with van der Waals surface area (Å²) < 4.78 is 0. The molecule has 118 valence electrons. The Morgan fingerprint density at radius 3 is 2.43 bits per heavy atom. The van der Waals surface area contributed by atoms with Crippen LogP contribution in [0.5, 0.6) is 0 Å². The molecule has 1 aliphatic rings. The summed E-state index contributed by atoms with van der Waals surface area (Å²) in [7, 11) is 0. The van der Waals surface area contributed by atoms with Crippen molar-refractivity contribution in [3.63, 3.8) is 0 Å². The molecule has 0 radical (unpaired) electrons. The Morgan fingerprint density at radius 1 is 1.09 bits per heavy atom. The highest BCUT2D eigenvalue weighted by molar-refractivity contribution is 7.99. The van der Waals surface area contributed by atoms with E-state index in [0.717, 1.165) is 10.5 Å². The van der Waals surface area contributed by atoms with Crippen LogP contribution in [0.25, 0.3) is 0 Å². The number of para-hydroxylation sites is 1. The second-order valence-electron chi connectivity index (χ2n) is 5.33. The molecule has 0 aliphatic carbocycles. The van der Waals surface area contributed by atoms with Crippen LogP contribution in [0.3, 0.4) is 0 Å². The molecule has 0 bridgehead atoms. The van der Waals surface area contributed by atoms with Gasteiger partial charge in [0.1, 0.15) is 12.6 Å². The van der Waals surface area contributed by atoms with Gasteiger partial charge in [-0.3, -0.25) is 9.59 Å². The Hall–Kier alpha value is -2.31. The average molecular weight is 327 g/mol. The highest BCUT2D eigenvalue weighted by Gasteiger charge is 2.36. The number of fused-ring (bicyclic) bond motifs is 1. The van der Waals surface area contributed by atoms with E-state index in [1.165, 1.54) is 16.7 Å². The van der Waals surface area contributed by atoms with E-state index in [-0.39, 0.29) is 17.7 Å². The van der Waals surface area contributed by atoms with E-state index in [4.69, 9.17) is 11.5 Å². The van der Waals surface area contributed by atoms with Gasteiger partial charge in [0, 0.05) is 4.90 Å². The fourth-order valence-corrected chi connectivity index (χ4v) is 3.94. The summed E-state index contributed by atoms with van der Waals surface area (Å²) >= 11 is 1.53. The Morgan fingerprint density at radius 2 is 1.74 bits per heavy atom. The van der Waals surface area contributed by atoms with Crippen molar-refractivity contribution in [3.05, 3.63) is 60.2 Å². The number of carbonyl (C=O) groups excluding carboxylic acids is 2. The normalized spacial score (nSPS) is 20.7. The maximum Gasteiger partial charge on any atom is 0.245 e. The number of benzene rings is 2. The molecule has 2 aromatic rings. The third-order valence-corrected chi connectivity index (χ3v) is 5.15. The molecular formula is C17H17N3O2S. The van der Waals surface area contributed by atoms with Gasteiger partial charge in [-0.15, -0.1) is 11.8 Å². The van der Waals surface area contributed by atoms with Crippen LogP contribution in [0.15, 0.2) is 59.5 Å². The molecule has 2 atom stereocenters. The number of hydrogen-bond acceptors (Lipinski definition) is 4. The third kappa shape index (κ3) is 3.09. The minimum atomic E-state index is -0.755. The molecule has 2 aromatic carbocycles. The molecule has 0 saturated carbocycles. The Bertz CT molecular complexity index is 736. The minimum absolute atomic E-state index is 0.175. The average Bonchev–Trinajstić information content (AvgIpc) is 2.66. The number of carbonyl (C=O) groups is 2. The zero-order valence-electron chi connectivity index (χ0n) is 12.4. The molecule has 0 saturated heterocycles. The van der Waals surface area contributed by atoms with Gasteiger partial charge in [0.2, 0.25) is 11.8 Å². The molecule has 0 aromatic heterocycles. The van der Waals surface area contributed by atoms with Gasteiger partial charge < -0.3 is 16.4 Å². The van der Waals surface area contributed by atoms with Gasteiger partial charge >= 0.3 is 0 Å². The minimum Gasteiger partial charge on any atom is -0.368 e. The molecule has 6 heteroatoms. The van der Waals surface area contributed by atoms with E-state index >= 15 is 0 Å². The molecule has 1 heterocycles. The lowest BCUT2D eigenvalue weighted by Gasteiger charge is -2.24. The zero-order valence-corrected chi connectivity index (χ0v) is 13.2. The molecule has 0 unspecified atom stereocenters. The summed E-state index contributed by atoms with van der Waals surface area (Å²) in [6.07, 6.45) is 0. The number of rotatable bonds is 3. The predicted molar refractivity (Wildman–Crippen MR) is 91.0 cm³/mol. The molecule has 23 heavy (non-hydrogen) atoms. The first kappa shape index (κ1) is 15.6. The Balaban J connectivity index is 2.07. The van der Waals surface area contributed by atoms with Gasteiger partial charge in [-0.05, 0) is 17.7 Å². The van der Waals surface area contributed by atoms with Crippen LogP contribution in [0.2, 0.25) is 0 Å². The van der Waals surface area contributed by atoms with Crippen LogP contribution in [0.4, 0.5) is 5.69 Å². The van der Waals surface area contributed by atoms with Gasteiger partial charge in [0.05, 0.1) is 10.9 Å². The molecular weight excluding hydrogens is 310 g/mol. The largest absolute Gasteiger partial charge is 0.368 e. The van der Waals surface area contributed by atoms with Crippen molar-refractivity contribution in [2.75, 3.05) is 11.4 Å². The summed E-state index contributed by atoms with van der Waals surface area (Å²) in [5, 5.41) is -0.220. The first-order chi connectivity index (χ1) is 11.1. The van der Waals surface area contributed by atoms with Crippen LogP contribution >= 0.6 is 11.8 Å². The van der Waals surface area contributed by atoms with Gasteiger partial charge in [-0.2, -0.15) is 0 Å². The summed E-state index contributed by atoms with van der Waals surface area (Å²) in [5.41, 5.74) is 13.2. The lowest BCUT2D eigenvalue weighted by molar-refractivity contribution is -0.123. The van der Waals surface area contributed by atoms with Crippen LogP contribution in [-0.4, -0.2) is 24.4 Å². The van der Waals surface area contributed by atoms with Crippen molar-refractivity contribution in [3.8, 4) is 0 Å². The maximum absolute atomic E-state index is 12.8. The van der Waals surface area contributed by atoms with Gasteiger partial charge in [-0.1, -0.05) is 42.5 Å². The number of nitrogens with two attached hydrogens (primary N) is 2. The first-order valence-corrected chi connectivity index (χ1v) is 8.12. The van der Waals surface area contributed by atoms with Crippen molar-refractivity contribution < 1.29 is 9.59 Å². The summed E-state index contributed by atoms with van der Waals surface area (Å²) in [4.78, 5) is 26.5. The molecule has 2 amide bonds. The van der Waals surface area contributed by atoms with E-state index in [1.54, 1.807) is 0 Å². The van der Waals surface area contributed by atoms with Gasteiger partial charge in [0.15, 0.2) is 0 Å². The fourth-order valence-electron chi connectivity index (χ4n) is 2.66. The molecule has 1 aliphatic heterocycles. The number of thioether (sulfide) groups is 1.